The molecule has 0 N–H and O–H groups in total. The molecule has 1 heterocycles. The zero-order chi connectivity index (χ0) is 17.0. The van der Waals surface area contributed by atoms with Crippen LogP contribution in [-0.4, -0.2) is 49.4 Å². The van der Waals surface area contributed by atoms with E-state index in [0.717, 1.165) is 12.0 Å². The third-order valence-corrected chi connectivity index (χ3v) is 5.85. The third kappa shape index (κ3) is 4.68. The monoisotopic (exact) mass is 358 g/mol. The molecule has 1 fully saturated rings. The van der Waals surface area contributed by atoms with E-state index in [2.05, 4.69) is 0 Å². The first-order valence-electron chi connectivity index (χ1n) is 7.80. The van der Waals surface area contributed by atoms with Crippen LogP contribution in [0.2, 0.25) is 5.02 Å². The fourth-order valence-corrected chi connectivity index (χ4v) is 3.99. The Bertz CT molecular complexity index is 663. The lowest BCUT2D eigenvalue weighted by Crippen LogP contribution is -2.46. The van der Waals surface area contributed by atoms with Crippen LogP contribution in [0.25, 0.3) is 0 Å². The summed E-state index contributed by atoms with van der Waals surface area (Å²) < 4.78 is 24.8. The molecule has 0 bridgehead atoms. The van der Waals surface area contributed by atoms with Crippen molar-refractivity contribution in [2.24, 2.45) is 5.92 Å². The molecule has 0 spiro atoms. The number of halogens is 1. The summed E-state index contributed by atoms with van der Waals surface area (Å²) in [5.41, 5.74) is 0.903. The van der Waals surface area contributed by atoms with Crippen LogP contribution >= 0.6 is 11.6 Å². The lowest BCUT2D eigenvalue weighted by atomic mass is 9.98. The number of nitrogens with zero attached hydrogens (tertiary/aromatic N) is 2. The molecule has 2 rings (SSSR count). The molecule has 0 radical (unpaired) electrons. The number of piperidine rings is 1. The largest absolute Gasteiger partial charge is 0.338 e. The molecule has 23 heavy (non-hydrogen) atoms. The van der Waals surface area contributed by atoms with Crippen LogP contribution in [-0.2, 0) is 21.4 Å². The van der Waals surface area contributed by atoms with Crippen LogP contribution in [0.4, 0.5) is 0 Å². The number of benzene rings is 1. The Morgan fingerprint density at radius 2 is 2.09 bits per heavy atom. The van der Waals surface area contributed by atoms with E-state index < -0.39 is 10.0 Å². The van der Waals surface area contributed by atoms with E-state index in [0.29, 0.717) is 31.1 Å². The highest BCUT2D eigenvalue weighted by Crippen LogP contribution is 2.23. The highest BCUT2D eigenvalue weighted by atomic mass is 35.5. The van der Waals surface area contributed by atoms with Gasteiger partial charge in [-0.2, -0.15) is 0 Å². The average Bonchev–Trinajstić information content (AvgIpc) is 2.53. The lowest BCUT2D eigenvalue weighted by Gasteiger charge is -2.33. The van der Waals surface area contributed by atoms with Crippen molar-refractivity contribution >= 4 is 27.5 Å². The molecular formula is C16H23ClN2O3S. The predicted octanol–water partition coefficient (Wildman–Crippen LogP) is 2.36. The van der Waals surface area contributed by atoms with Gasteiger partial charge in [0.25, 0.3) is 0 Å². The molecule has 0 saturated carbocycles. The van der Waals surface area contributed by atoms with E-state index in [-0.39, 0.29) is 18.4 Å². The van der Waals surface area contributed by atoms with Crippen molar-refractivity contribution in [2.45, 2.75) is 26.3 Å². The van der Waals surface area contributed by atoms with E-state index in [4.69, 9.17) is 11.6 Å². The van der Waals surface area contributed by atoms with E-state index in [1.807, 2.05) is 25.1 Å². The Morgan fingerprint density at radius 3 is 2.70 bits per heavy atom. The summed E-state index contributed by atoms with van der Waals surface area (Å²) in [5.74, 6) is -0.276. The van der Waals surface area contributed by atoms with Crippen molar-refractivity contribution in [1.29, 1.82) is 0 Å². The average molecular weight is 359 g/mol. The fraction of sp³-hybridized carbons (Fsp3) is 0.562. The quantitative estimate of drug-likeness (QED) is 0.811. The van der Waals surface area contributed by atoms with Crippen LogP contribution in [0.5, 0.6) is 0 Å². The molecule has 1 unspecified atom stereocenters. The number of rotatable bonds is 5. The maximum absolute atomic E-state index is 12.8. The molecule has 1 aliphatic heterocycles. The van der Waals surface area contributed by atoms with Gasteiger partial charge in [-0.15, -0.1) is 0 Å². The smallest absolute Gasteiger partial charge is 0.227 e. The second kappa shape index (κ2) is 7.64. The Labute approximate surface area is 143 Å². The maximum Gasteiger partial charge on any atom is 0.227 e. The number of hydrogen-bond acceptors (Lipinski definition) is 3. The zero-order valence-corrected chi connectivity index (χ0v) is 15.1. The number of amides is 1. The van der Waals surface area contributed by atoms with Gasteiger partial charge in [0.2, 0.25) is 15.9 Å². The van der Waals surface area contributed by atoms with Crippen LogP contribution in [0.1, 0.15) is 25.3 Å². The van der Waals surface area contributed by atoms with Crippen LogP contribution in [0, 0.1) is 5.92 Å². The van der Waals surface area contributed by atoms with Gasteiger partial charge in [0.15, 0.2) is 0 Å². The van der Waals surface area contributed by atoms with Gasteiger partial charge < -0.3 is 4.90 Å². The minimum absolute atomic E-state index is 0.000713. The first-order chi connectivity index (χ1) is 10.8. The molecule has 1 amide bonds. The van der Waals surface area contributed by atoms with Crippen LogP contribution < -0.4 is 0 Å². The molecule has 7 heteroatoms. The summed E-state index contributed by atoms with van der Waals surface area (Å²) in [6.07, 6.45) is 2.64. The summed E-state index contributed by atoms with van der Waals surface area (Å²) in [4.78, 5) is 14.5. The van der Waals surface area contributed by atoms with Crippen LogP contribution in [0.3, 0.4) is 0 Å². The Morgan fingerprint density at radius 1 is 1.39 bits per heavy atom. The minimum Gasteiger partial charge on any atom is -0.338 e. The number of carbonyl (C=O) groups excluding carboxylic acids is 1. The maximum atomic E-state index is 12.8. The number of sulfonamides is 1. The van der Waals surface area contributed by atoms with Gasteiger partial charge in [0.1, 0.15) is 0 Å². The van der Waals surface area contributed by atoms with Gasteiger partial charge in [0.05, 0.1) is 12.2 Å². The fourth-order valence-electron chi connectivity index (χ4n) is 2.88. The van der Waals surface area contributed by atoms with Gasteiger partial charge in [-0.3, -0.25) is 4.79 Å². The molecular weight excluding hydrogens is 336 g/mol. The Kier molecular flexibility index (Phi) is 6.06. The van der Waals surface area contributed by atoms with Crippen molar-refractivity contribution in [2.75, 3.05) is 25.9 Å². The first kappa shape index (κ1) is 18.2. The van der Waals surface area contributed by atoms with E-state index >= 15 is 0 Å². The van der Waals surface area contributed by atoms with Gasteiger partial charge in [0, 0.05) is 31.2 Å². The first-order valence-corrected chi connectivity index (χ1v) is 10.0. The molecule has 128 valence electrons. The SMILES string of the molecule is CCN(Cc1ccccc1Cl)C(=O)C1CCCN(S(C)(=O)=O)C1. The van der Waals surface area contributed by atoms with E-state index in [1.54, 1.807) is 11.0 Å². The van der Waals surface area contributed by atoms with Crippen LogP contribution in [0.15, 0.2) is 24.3 Å². The molecule has 5 nitrogen and oxygen atoms in total. The topological polar surface area (TPSA) is 57.7 Å². The Hall–Kier alpha value is -1.11. The summed E-state index contributed by atoms with van der Waals surface area (Å²) in [6.45, 7) is 3.71. The summed E-state index contributed by atoms with van der Waals surface area (Å²) in [7, 11) is -3.25. The molecule has 0 aliphatic carbocycles. The summed E-state index contributed by atoms with van der Waals surface area (Å²) in [5, 5.41) is 0.639. The predicted molar refractivity (Wildman–Crippen MR) is 91.7 cm³/mol. The summed E-state index contributed by atoms with van der Waals surface area (Å²) in [6, 6.07) is 7.46. The van der Waals surface area contributed by atoms with Gasteiger partial charge in [-0.05, 0) is 31.4 Å². The second-order valence-corrected chi connectivity index (χ2v) is 8.29. The van der Waals surface area contributed by atoms with E-state index in [1.165, 1.54) is 10.6 Å². The minimum atomic E-state index is -3.25. The van der Waals surface area contributed by atoms with Gasteiger partial charge in [-0.25, -0.2) is 12.7 Å². The molecule has 1 aromatic carbocycles. The number of carbonyl (C=O) groups is 1. The molecule has 1 aromatic rings. The third-order valence-electron chi connectivity index (χ3n) is 4.21. The standard InChI is InChI=1S/C16H23ClN2O3S/c1-3-18(11-13-7-4-5-9-15(13)17)16(20)14-8-6-10-19(12-14)23(2,21)22/h4-5,7,9,14H,3,6,8,10-12H2,1-2H3. The van der Waals surface area contributed by atoms with Gasteiger partial charge >= 0.3 is 0 Å². The second-order valence-electron chi connectivity index (χ2n) is 5.90. The summed E-state index contributed by atoms with van der Waals surface area (Å²) >= 11 is 6.17. The van der Waals surface area contributed by atoms with Crippen molar-refractivity contribution in [1.82, 2.24) is 9.21 Å². The van der Waals surface area contributed by atoms with E-state index in [9.17, 15) is 13.2 Å². The highest BCUT2D eigenvalue weighted by Gasteiger charge is 2.32. The Balaban J connectivity index is 2.09. The lowest BCUT2D eigenvalue weighted by molar-refractivity contribution is -0.137. The zero-order valence-electron chi connectivity index (χ0n) is 13.5. The molecule has 1 saturated heterocycles. The highest BCUT2D eigenvalue weighted by molar-refractivity contribution is 7.88. The normalized spacial score (nSPS) is 19.5. The van der Waals surface area contributed by atoms with Crippen molar-refractivity contribution < 1.29 is 13.2 Å². The molecule has 1 atom stereocenters. The molecule has 1 aliphatic rings. The van der Waals surface area contributed by atoms with Crippen molar-refractivity contribution in [3.63, 3.8) is 0 Å². The van der Waals surface area contributed by atoms with Gasteiger partial charge in [-0.1, -0.05) is 29.8 Å². The van der Waals surface area contributed by atoms with Crippen molar-refractivity contribution in [3.05, 3.63) is 34.9 Å². The molecule has 0 aromatic heterocycles. The van der Waals surface area contributed by atoms with Crippen molar-refractivity contribution in [3.8, 4) is 0 Å². The number of hydrogen-bond donors (Lipinski definition) is 0.